The SMILES string of the molecule is CC(C)N[C@@H]1CCN(c2cccc3c2NC(C2CC2)=NS3(=O)=O)[C@H](C(F)(F)F)C1. The Balaban J connectivity index is 1.72. The minimum atomic E-state index is -4.43. The molecule has 0 radical (unpaired) electrons. The summed E-state index contributed by atoms with van der Waals surface area (Å²) in [6.45, 7) is 4.01. The third-order valence-electron chi connectivity index (χ3n) is 5.58. The second kappa shape index (κ2) is 7.16. The maximum absolute atomic E-state index is 14.0. The van der Waals surface area contributed by atoms with Gasteiger partial charge in [0.1, 0.15) is 16.8 Å². The average Bonchev–Trinajstić information content (AvgIpc) is 3.45. The Hall–Kier alpha value is -1.81. The molecule has 3 aliphatic rings. The van der Waals surface area contributed by atoms with Gasteiger partial charge in [0.2, 0.25) is 0 Å². The fraction of sp³-hybridized carbons (Fsp3) is 0.632. The molecule has 10 heteroatoms. The van der Waals surface area contributed by atoms with Crippen molar-refractivity contribution in [3.05, 3.63) is 18.2 Å². The molecule has 2 heterocycles. The fourth-order valence-electron chi connectivity index (χ4n) is 4.15. The number of rotatable bonds is 4. The van der Waals surface area contributed by atoms with Crippen molar-refractivity contribution in [2.24, 2.45) is 10.3 Å². The Morgan fingerprint density at radius 3 is 2.59 bits per heavy atom. The van der Waals surface area contributed by atoms with E-state index in [9.17, 15) is 21.6 Å². The fourth-order valence-corrected chi connectivity index (χ4v) is 5.37. The topological polar surface area (TPSA) is 73.8 Å². The van der Waals surface area contributed by atoms with E-state index in [-0.39, 0.29) is 47.2 Å². The Morgan fingerprint density at radius 1 is 1.24 bits per heavy atom. The van der Waals surface area contributed by atoms with Crippen LogP contribution in [0.5, 0.6) is 0 Å². The monoisotopic (exact) mass is 430 g/mol. The van der Waals surface area contributed by atoms with Crippen molar-refractivity contribution in [3.63, 3.8) is 0 Å². The van der Waals surface area contributed by atoms with Crippen molar-refractivity contribution in [3.8, 4) is 0 Å². The lowest BCUT2D eigenvalue weighted by Crippen LogP contribution is -2.56. The summed E-state index contributed by atoms with van der Waals surface area (Å²) in [5.41, 5.74) is 0.485. The third-order valence-corrected chi connectivity index (χ3v) is 6.91. The summed E-state index contributed by atoms with van der Waals surface area (Å²) < 4.78 is 71.0. The molecule has 1 aromatic rings. The first kappa shape index (κ1) is 20.5. The van der Waals surface area contributed by atoms with Crippen LogP contribution in [-0.2, 0) is 10.0 Å². The lowest BCUT2D eigenvalue weighted by Gasteiger charge is -2.43. The van der Waals surface area contributed by atoms with Crippen LogP contribution in [0.3, 0.4) is 0 Å². The van der Waals surface area contributed by atoms with Gasteiger partial charge in [0.15, 0.2) is 0 Å². The maximum Gasteiger partial charge on any atom is 0.408 e. The molecule has 1 aliphatic carbocycles. The largest absolute Gasteiger partial charge is 0.408 e. The summed E-state index contributed by atoms with van der Waals surface area (Å²) in [4.78, 5) is 1.23. The van der Waals surface area contributed by atoms with Gasteiger partial charge in [-0.05, 0) is 37.8 Å². The second-order valence-corrected chi connectivity index (χ2v) is 9.87. The number of amidine groups is 1. The number of piperidine rings is 1. The summed E-state index contributed by atoms with van der Waals surface area (Å²) in [6.07, 6.45) is -2.31. The molecule has 1 aromatic carbocycles. The number of alkyl halides is 3. The highest BCUT2D eigenvalue weighted by Gasteiger charge is 2.48. The Morgan fingerprint density at radius 2 is 1.97 bits per heavy atom. The quantitative estimate of drug-likeness (QED) is 0.765. The molecule has 0 amide bonds. The summed E-state index contributed by atoms with van der Waals surface area (Å²) in [7, 11) is -3.93. The standard InChI is InChI=1S/C19H25F3N4O2S/c1-11(2)23-13-8-9-26(16(10-13)19(20,21)22)14-4-3-5-15-17(14)24-18(12-6-7-12)25-29(15,27)28/h3-5,11-13,16,23H,6-10H2,1-2H3,(H,24,25)/t13-,16+/m1/s1. The van der Waals surface area contributed by atoms with Crippen LogP contribution in [0.2, 0.25) is 0 Å². The molecule has 0 unspecified atom stereocenters. The van der Waals surface area contributed by atoms with Gasteiger partial charge in [0.05, 0.1) is 11.4 Å². The molecule has 2 aliphatic heterocycles. The molecule has 0 bridgehead atoms. The van der Waals surface area contributed by atoms with E-state index in [0.29, 0.717) is 12.3 Å². The van der Waals surface area contributed by atoms with Crippen molar-refractivity contribution in [1.82, 2.24) is 5.32 Å². The van der Waals surface area contributed by atoms with Gasteiger partial charge in [-0.15, -0.1) is 4.40 Å². The highest BCUT2D eigenvalue weighted by molar-refractivity contribution is 7.90. The number of para-hydroxylation sites is 1. The van der Waals surface area contributed by atoms with Crippen LogP contribution in [0.15, 0.2) is 27.5 Å². The lowest BCUT2D eigenvalue weighted by atomic mass is 9.95. The van der Waals surface area contributed by atoms with E-state index in [0.717, 1.165) is 12.8 Å². The smallest absolute Gasteiger partial charge is 0.358 e. The number of fused-ring (bicyclic) bond motifs is 1. The summed E-state index contributed by atoms with van der Waals surface area (Å²) in [6, 6.07) is 2.60. The first-order valence-electron chi connectivity index (χ1n) is 9.90. The second-order valence-electron chi connectivity index (χ2n) is 8.29. The Kier molecular flexibility index (Phi) is 5.05. The molecule has 2 fully saturated rings. The lowest BCUT2D eigenvalue weighted by molar-refractivity contribution is -0.154. The predicted octanol–water partition coefficient (Wildman–Crippen LogP) is 3.51. The van der Waals surface area contributed by atoms with Gasteiger partial charge < -0.3 is 15.5 Å². The van der Waals surface area contributed by atoms with Crippen LogP contribution in [-0.4, -0.2) is 45.1 Å². The van der Waals surface area contributed by atoms with E-state index in [1.807, 2.05) is 13.8 Å². The number of nitrogens with one attached hydrogen (secondary N) is 2. The molecule has 0 spiro atoms. The number of sulfonamides is 1. The normalized spacial score (nSPS) is 26.7. The number of anilines is 2. The van der Waals surface area contributed by atoms with E-state index >= 15 is 0 Å². The van der Waals surface area contributed by atoms with Gasteiger partial charge in [-0.1, -0.05) is 19.9 Å². The van der Waals surface area contributed by atoms with Crippen molar-refractivity contribution in [2.75, 3.05) is 16.8 Å². The predicted molar refractivity (Wildman–Crippen MR) is 106 cm³/mol. The summed E-state index contributed by atoms with van der Waals surface area (Å²) in [5, 5.41) is 6.25. The van der Waals surface area contributed by atoms with E-state index in [1.54, 1.807) is 6.07 Å². The molecule has 29 heavy (non-hydrogen) atoms. The maximum atomic E-state index is 14.0. The van der Waals surface area contributed by atoms with Gasteiger partial charge in [0, 0.05) is 24.5 Å². The average molecular weight is 430 g/mol. The molecule has 160 valence electrons. The van der Waals surface area contributed by atoms with Crippen LogP contribution < -0.4 is 15.5 Å². The summed E-state index contributed by atoms with van der Waals surface area (Å²) in [5.74, 6) is 0.371. The number of benzene rings is 1. The zero-order valence-corrected chi connectivity index (χ0v) is 17.1. The first-order chi connectivity index (χ1) is 13.6. The highest BCUT2D eigenvalue weighted by atomic mass is 32.2. The van der Waals surface area contributed by atoms with Crippen molar-refractivity contribution in [1.29, 1.82) is 0 Å². The van der Waals surface area contributed by atoms with Gasteiger partial charge >= 0.3 is 6.18 Å². The molecule has 2 N–H and O–H groups in total. The Bertz CT molecular complexity index is 926. The van der Waals surface area contributed by atoms with Crippen LogP contribution >= 0.6 is 0 Å². The molecular formula is C19H25F3N4O2S. The minimum absolute atomic E-state index is 0.0328. The van der Waals surface area contributed by atoms with Crippen molar-refractivity contribution < 1.29 is 21.6 Å². The van der Waals surface area contributed by atoms with Crippen LogP contribution in [0.1, 0.15) is 39.5 Å². The van der Waals surface area contributed by atoms with Crippen molar-refractivity contribution >= 4 is 27.2 Å². The molecule has 1 saturated heterocycles. The molecule has 2 atom stereocenters. The minimum Gasteiger partial charge on any atom is -0.358 e. The van der Waals surface area contributed by atoms with Crippen LogP contribution in [0.4, 0.5) is 24.5 Å². The third kappa shape index (κ3) is 4.09. The van der Waals surface area contributed by atoms with Crippen LogP contribution in [0, 0.1) is 5.92 Å². The number of halogens is 3. The van der Waals surface area contributed by atoms with E-state index in [4.69, 9.17) is 0 Å². The molecule has 4 rings (SSSR count). The molecular weight excluding hydrogens is 405 g/mol. The molecule has 0 aromatic heterocycles. The Labute approximate surface area is 168 Å². The van der Waals surface area contributed by atoms with Gasteiger partial charge in [-0.25, -0.2) is 0 Å². The van der Waals surface area contributed by atoms with Gasteiger partial charge in [0.25, 0.3) is 10.0 Å². The zero-order chi connectivity index (χ0) is 21.0. The van der Waals surface area contributed by atoms with Gasteiger partial charge in [-0.2, -0.15) is 21.6 Å². The molecule has 1 saturated carbocycles. The molecule has 6 nitrogen and oxygen atoms in total. The van der Waals surface area contributed by atoms with Gasteiger partial charge in [-0.3, -0.25) is 0 Å². The zero-order valence-electron chi connectivity index (χ0n) is 16.3. The summed E-state index contributed by atoms with van der Waals surface area (Å²) >= 11 is 0. The van der Waals surface area contributed by atoms with E-state index in [2.05, 4.69) is 15.0 Å². The van der Waals surface area contributed by atoms with E-state index < -0.39 is 22.2 Å². The van der Waals surface area contributed by atoms with Crippen LogP contribution in [0.25, 0.3) is 0 Å². The number of hydrogen-bond acceptors (Lipinski definition) is 5. The van der Waals surface area contributed by atoms with Crippen molar-refractivity contribution in [2.45, 2.75) is 68.7 Å². The highest BCUT2D eigenvalue weighted by Crippen LogP contribution is 2.44. The van der Waals surface area contributed by atoms with E-state index in [1.165, 1.54) is 17.0 Å². The number of hydrogen-bond donors (Lipinski definition) is 2. The number of nitrogens with zero attached hydrogens (tertiary/aromatic N) is 2. The first-order valence-corrected chi connectivity index (χ1v) is 11.3.